The first-order valence-electron chi connectivity index (χ1n) is 6.49. The number of benzene rings is 1. The Morgan fingerprint density at radius 1 is 1.35 bits per heavy atom. The molecular weight excluding hydrogens is 258 g/mol. The first-order valence-corrected chi connectivity index (χ1v) is 6.49. The minimum Gasteiger partial charge on any atom is -0.482 e. The van der Waals surface area contributed by atoms with Crippen molar-refractivity contribution in [2.45, 2.75) is 20.3 Å². The number of primary amides is 1. The van der Waals surface area contributed by atoms with Crippen molar-refractivity contribution in [1.82, 2.24) is 5.32 Å². The van der Waals surface area contributed by atoms with Crippen molar-refractivity contribution in [1.29, 1.82) is 0 Å². The molecule has 0 aromatic heterocycles. The zero-order chi connectivity index (χ0) is 15.1. The molecule has 0 spiro atoms. The monoisotopic (exact) mass is 279 g/mol. The molecule has 0 fully saturated rings. The van der Waals surface area contributed by atoms with E-state index in [1.165, 1.54) is 6.07 Å². The largest absolute Gasteiger partial charge is 0.482 e. The molecule has 0 unspecified atom stereocenters. The zero-order valence-electron chi connectivity index (χ0n) is 11.8. The van der Waals surface area contributed by atoms with Crippen LogP contribution in [0.3, 0.4) is 0 Å². The highest BCUT2D eigenvalue weighted by atomic mass is 16.5. The summed E-state index contributed by atoms with van der Waals surface area (Å²) in [6.45, 7) is 4.51. The van der Waals surface area contributed by atoms with Crippen LogP contribution < -0.4 is 21.5 Å². The lowest BCUT2D eigenvalue weighted by Gasteiger charge is -2.10. The van der Waals surface area contributed by atoms with E-state index in [4.69, 9.17) is 16.2 Å². The van der Waals surface area contributed by atoms with Gasteiger partial charge in [0, 0.05) is 12.1 Å². The summed E-state index contributed by atoms with van der Waals surface area (Å²) < 4.78 is 5.15. The number of nitrogens with two attached hydrogens (primary N) is 2. The topological polar surface area (TPSA) is 107 Å². The van der Waals surface area contributed by atoms with Crippen molar-refractivity contribution in [3.8, 4) is 5.75 Å². The SMILES string of the molecule is CC(C)CCNC(=O)c1ccc(N)c(OCC(N)=O)c1. The second kappa shape index (κ2) is 7.37. The van der Waals surface area contributed by atoms with E-state index in [2.05, 4.69) is 19.2 Å². The van der Waals surface area contributed by atoms with Crippen LogP contribution in [0, 0.1) is 5.92 Å². The van der Waals surface area contributed by atoms with Crippen molar-refractivity contribution < 1.29 is 14.3 Å². The summed E-state index contributed by atoms with van der Waals surface area (Å²) in [6.07, 6.45) is 0.908. The maximum Gasteiger partial charge on any atom is 0.255 e. The minimum atomic E-state index is -0.601. The molecule has 0 bridgehead atoms. The summed E-state index contributed by atoms with van der Waals surface area (Å²) in [5.41, 5.74) is 11.5. The minimum absolute atomic E-state index is 0.199. The standard InChI is InChI=1S/C14H21N3O3/c1-9(2)5-6-17-14(19)10-3-4-11(15)12(7-10)20-8-13(16)18/h3-4,7,9H,5-6,8,15H2,1-2H3,(H2,16,18)(H,17,19). The predicted octanol–water partition coefficient (Wildman–Crippen LogP) is 0.909. The molecule has 0 radical (unpaired) electrons. The normalized spacial score (nSPS) is 10.3. The molecule has 0 saturated heterocycles. The van der Waals surface area contributed by atoms with Crippen LogP contribution in [0.15, 0.2) is 18.2 Å². The molecule has 0 aliphatic heterocycles. The number of hydrogen-bond acceptors (Lipinski definition) is 4. The van der Waals surface area contributed by atoms with Gasteiger partial charge in [-0.15, -0.1) is 0 Å². The number of carbonyl (C=O) groups excluding carboxylic acids is 2. The van der Waals surface area contributed by atoms with Gasteiger partial charge in [-0.05, 0) is 30.5 Å². The molecule has 1 aromatic rings. The molecule has 5 N–H and O–H groups in total. The Balaban J connectivity index is 2.68. The summed E-state index contributed by atoms with van der Waals surface area (Å²) in [7, 11) is 0. The summed E-state index contributed by atoms with van der Waals surface area (Å²) in [5, 5.41) is 2.81. The van der Waals surface area contributed by atoms with Gasteiger partial charge in [-0.3, -0.25) is 9.59 Å². The maximum atomic E-state index is 11.9. The second-order valence-corrected chi connectivity index (χ2v) is 4.95. The van der Waals surface area contributed by atoms with E-state index in [1.807, 2.05) is 0 Å². The third-order valence-corrected chi connectivity index (χ3v) is 2.65. The van der Waals surface area contributed by atoms with Crippen molar-refractivity contribution in [2.24, 2.45) is 11.7 Å². The summed E-state index contributed by atoms with van der Waals surface area (Å²) >= 11 is 0. The number of hydrogen-bond donors (Lipinski definition) is 3. The van der Waals surface area contributed by atoms with E-state index < -0.39 is 5.91 Å². The Bertz CT molecular complexity index is 487. The average molecular weight is 279 g/mol. The van der Waals surface area contributed by atoms with Gasteiger partial charge in [0.25, 0.3) is 11.8 Å². The van der Waals surface area contributed by atoms with Gasteiger partial charge in [0.05, 0.1) is 5.69 Å². The summed E-state index contributed by atoms with van der Waals surface area (Å²) in [5.74, 6) is 0.00208. The van der Waals surface area contributed by atoms with E-state index in [0.29, 0.717) is 23.7 Å². The van der Waals surface area contributed by atoms with Gasteiger partial charge in [0.2, 0.25) is 0 Å². The quantitative estimate of drug-likeness (QED) is 0.645. The lowest BCUT2D eigenvalue weighted by molar-refractivity contribution is -0.119. The van der Waals surface area contributed by atoms with Crippen LogP contribution in [-0.2, 0) is 4.79 Å². The second-order valence-electron chi connectivity index (χ2n) is 4.95. The highest BCUT2D eigenvalue weighted by molar-refractivity contribution is 5.95. The van der Waals surface area contributed by atoms with Crippen LogP contribution >= 0.6 is 0 Å². The van der Waals surface area contributed by atoms with Crippen LogP contribution in [0.4, 0.5) is 5.69 Å². The first-order chi connectivity index (χ1) is 9.40. The lowest BCUT2D eigenvalue weighted by atomic mass is 10.1. The van der Waals surface area contributed by atoms with Crippen molar-refractivity contribution in [2.75, 3.05) is 18.9 Å². The third-order valence-electron chi connectivity index (χ3n) is 2.65. The van der Waals surface area contributed by atoms with Crippen molar-refractivity contribution >= 4 is 17.5 Å². The van der Waals surface area contributed by atoms with Crippen LogP contribution in [0.5, 0.6) is 5.75 Å². The van der Waals surface area contributed by atoms with E-state index in [1.54, 1.807) is 12.1 Å². The molecule has 1 rings (SSSR count). The fraction of sp³-hybridized carbons (Fsp3) is 0.429. The average Bonchev–Trinajstić information content (AvgIpc) is 2.37. The third kappa shape index (κ3) is 5.17. The number of carbonyl (C=O) groups is 2. The molecule has 0 atom stereocenters. The highest BCUT2D eigenvalue weighted by Crippen LogP contribution is 2.22. The Kier molecular flexibility index (Phi) is 5.83. The molecule has 0 aliphatic rings. The molecule has 110 valence electrons. The van der Waals surface area contributed by atoms with Crippen LogP contribution in [0.1, 0.15) is 30.6 Å². The molecule has 20 heavy (non-hydrogen) atoms. The molecule has 6 heteroatoms. The molecule has 0 heterocycles. The number of nitrogen functional groups attached to an aromatic ring is 1. The number of anilines is 1. The van der Waals surface area contributed by atoms with Crippen LogP contribution in [-0.4, -0.2) is 25.0 Å². The Labute approximate surface area is 118 Å². The van der Waals surface area contributed by atoms with Gasteiger partial charge in [0.1, 0.15) is 5.75 Å². The van der Waals surface area contributed by atoms with Gasteiger partial charge >= 0.3 is 0 Å². The Morgan fingerprint density at radius 2 is 2.05 bits per heavy atom. The van der Waals surface area contributed by atoms with E-state index in [9.17, 15) is 9.59 Å². The highest BCUT2D eigenvalue weighted by Gasteiger charge is 2.10. The van der Waals surface area contributed by atoms with Gasteiger partial charge in [-0.25, -0.2) is 0 Å². The molecular formula is C14H21N3O3. The van der Waals surface area contributed by atoms with Crippen molar-refractivity contribution in [3.05, 3.63) is 23.8 Å². The number of rotatable bonds is 7. The van der Waals surface area contributed by atoms with E-state index >= 15 is 0 Å². The summed E-state index contributed by atoms with van der Waals surface area (Å²) in [6, 6.07) is 4.67. The molecule has 6 nitrogen and oxygen atoms in total. The molecule has 2 amide bonds. The Morgan fingerprint density at radius 3 is 2.65 bits per heavy atom. The van der Waals surface area contributed by atoms with Gasteiger partial charge in [-0.2, -0.15) is 0 Å². The first kappa shape index (κ1) is 15.8. The van der Waals surface area contributed by atoms with Crippen LogP contribution in [0.25, 0.3) is 0 Å². The fourth-order valence-corrected chi connectivity index (χ4v) is 1.53. The number of nitrogens with one attached hydrogen (secondary N) is 1. The zero-order valence-corrected chi connectivity index (χ0v) is 11.8. The fourth-order valence-electron chi connectivity index (χ4n) is 1.53. The number of amides is 2. The van der Waals surface area contributed by atoms with Crippen molar-refractivity contribution in [3.63, 3.8) is 0 Å². The molecule has 1 aromatic carbocycles. The van der Waals surface area contributed by atoms with E-state index in [-0.39, 0.29) is 18.3 Å². The lowest BCUT2D eigenvalue weighted by Crippen LogP contribution is -2.25. The molecule has 0 saturated carbocycles. The predicted molar refractivity (Wildman–Crippen MR) is 77.3 cm³/mol. The van der Waals surface area contributed by atoms with Gasteiger partial charge in [-0.1, -0.05) is 13.8 Å². The van der Waals surface area contributed by atoms with Gasteiger partial charge in [0.15, 0.2) is 6.61 Å². The van der Waals surface area contributed by atoms with E-state index in [0.717, 1.165) is 6.42 Å². The number of ether oxygens (including phenoxy) is 1. The maximum absolute atomic E-state index is 11.9. The van der Waals surface area contributed by atoms with Gasteiger partial charge < -0.3 is 21.5 Å². The molecule has 0 aliphatic carbocycles. The summed E-state index contributed by atoms with van der Waals surface area (Å²) in [4.78, 5) is 22.6. The Hall–Kier alpha value is -2.24. The van der Waals surface area contributed by atoms with Crippen LogP contribution in [0.2, 0.25) is 0 Å². The smallest absolute Gasteiger partial charge is 0.255 e.